The van der Waals surface area contributed by atoms with Crippen molar-refractivity contribution in [2.75, 3.05) is 0 Å². The number of nitrogens with zero attached hydrogens (tertiary/aromatic N) is 1. The van der Waals surface area contributed by atoms with Gasteiger partial charge in [0.1, 0.15) is 5.75 Å². The first-order valence-corrected chi connectivity index (χ1v) is 8.13. The third kappa shape index (κ3) is 3.98. The Morgan fingerprint density at radius 1 is 1.24 bits per heavy atom. The van der Waals surface area contributed by atoms with Gasteiger partial charge in [0, 0.05) is 16.2 Å². The molecule has 0 atom stereocenters. The molecule has 2 nitrogen and oxygen atoms in total. The van der Waals surface area contributed by atoms with Gasteiger partial charge in [-0.3, -0.25) is 0 Å². The van der Waals surface area contributed by atoms with Gasteiger partial charge in [-0.15, -0.1) is 11.6 Å². The van der Waals surface area contributed by atoms with Crippen molar-refractivity contribution in [2.45, 2.75) is 39.0 Å². The van der Waals surface area contributed by atoms with Gasteiger partial charge < -0.3 is 4.74 Å². The van der Waals surface area contributed by atoms with Crippen LogP contribution in [0.4, 0.5) is 0 Å². The van der Waals surface area contributed by atoms with E-state index in [4.69, 9.17) is 16.3 Å². The second-order valence-corrected chi connectivity index (χ2v) is 7.27. The highest BCUT2D eigenvalue weighted by molar-refractivity contribution is 9.10. The van der Waals surface area contributed by atoms with Gasteiger partial charge in [0.2, 0.25) is 5.88 Å². The fraction of sp³-hybridized carbons (Fsp3) is 0.353. The maximum Gasteiger partial charge on any atom is 0.223 e. The van der Waals surface area contributed by atoms with E-state index >= 15 is 0 Å². The van der Waals surface area contributed by atoms with Crippen LogP contribution in [0.1, 0.15) is 37.5 Å². The summed E-state index contributed by atoms with van der Waals surface area (Å²) in [7, 11) is 0. The molecule has 0 N–H and O–H groups in total. The van der Waals surface area contributed by atoms with E-state index in [9.17, 15) is 0 Å². The predicted octanol–water partition coefficient (Wildman–Crippen LogP) is 5.98. The molecule has 1 aromatic heterocycles. The minimum atomic E-state index is 0.125. The summed E-state index contributed by atoms with van der Waals surface area (Å²) >= 11 is 9.35. The van der Waals surface area contributed by atoms with E-state index in [2.05, 4.69) is 53.8 Å². The number of rotatable bonds is 3. The maximum atomic E-state index is 5.95. The quantitative estimate of drug-likeness (QED) is 0.622. The summed E-state index contributed by atoms with van der Waals surface area (Å²) in [4.78, 5) is 4.30. The summed E-state index contributed by atoms with van der Waals surface area (Å²) in [5.74, 6) is 1.73. The van der Waals surface area contributed by atoms with Crippen molar-refractivity contribution >= 4 is 27.5 Å². The zero-order chi connectivity index (χ0) is 15.6. The smallest absolute Gasteiger partial charge is 0.223 e. The van der Waals surface area contributed by atoms with E-state index in [1.165, 1.54) is 5.56 Å². The molecule has 0 aliphatic carbocycles. The maximum absolute atomic E-state index is 5.95. The summed E-state index contributed by atoms with van der Waals surface area (Å²) in [6.07, 6.45) is 1.71. The van der Waals surface area contributed by atoms with E-state index in [0.29, 0.717) is 11.8 Å². The first-order chi connectivity index (χ1) is 9.81. The third-order valence-electron chi connectivity index (χ3n) is 3.28. The molecule has 0 unspecified atom stereocenters. The van der Waals surface area contributed by atoms with Gasteiger partial charge in [-0.2, -0.15) is 0 Å². The third-order valence-corrected chi connectivity index (χ3v) is 4.01. The molecule has 0 amide bonds. The summed E-state index contributed by atoms with van der Waals surface area (Å²) in [5, 5.41) is 0. The van der Waals surface area contributed by atoms with E-state index in [1.54, 1.807) is 6.20 Å². The van der Waals surface area contributed by atoms with Crippen LogP contribution in [-0.4, -0.2) is 4.98 Å². The molecule has 0 radical (unpaired) electrons. The molecule has 0 aliphatic rings. The second-order valence-electron chi connectivity index (χ2n) is 6.08. The van der Waals surface area contributed by atoms with Gasteiger partial charge in [0.05, 0.1) is 5.88 Å². The molecule has 0 fully saturated rings. The lowest BCUT2D eigenvalue weighted by molar-refractivity contribution is 0.453. The fourth-order valence-corrected chi connectivity index (χ4v) is 2.56. The topological polar surface area (TPSA) is 22.1 Å². The van der Waals surface area contributed by atoms with Gasteiger partial charge in [0.25, 0.3) is 0 Å². The van der Waals surface area contributed by atoms with Crippen molar-refractivity contribution in [1.82, 2.24) is 4.98 Å². The molecule has 0 saturated carbocycles. The minimum absolute atomic E-state index is 0.125. The van der Waals surface area contributed by atoms with Crippen LogP contribution in [0.3, 0.4) is 0 Å². The molecule has 1 heterocycles. The van der Waals surface area contributed by atoms with Crippen molar-refractivity contribution in [3.63, 3.8) is 0 Å². The Bertz CT molecular complexity index is 650. The lowest BCUT2D eigenvalue weighted by atomic mass is 9.86. The highest BCUT2D eigenvalue weighted by Gasteiger charge is 2.15. The minimum Gasteiger partial charge on any atom is -0.438 e. The number of pyridine rings is 1. The van der Waals surface area contributed by atoms with E-state index in [1.807, 2.05) is 19.1 Å². The Labute approximate surface area is 139 Å². The van der Waals surface area contributed by atoms with Gasteiger partial charge in [-0.05, 0) is 51.5 Å². The van der Waals surface area contributed by atoms with Gasteiger partial charge in [-0.1, -0.05) is 32.9 Å². The summed E-state index contributed by atoms with van der Waals surface area (Å²) in [6, 6.07) is 8.18. The highest BCUT2D eigenvalue weighted by Crippen LogP contribution is 2.32. The van der Waals surface area contributed by atoms with E-state index in [0.717, 1.165) is 21.3 Å². The van der Waals surface area contributed by atoms with Crippen LogP contribution < -0.4 is 4.74 Å². The normalized spacial score (nSPS) is 11.5. The van der Waals surface area contributed by atoms with Crippen LogP contribution in [0, 0.1) is 6.92 Å². The number of aromatic nitrogens is 1. The second kappa shape index (κ2) is 6.37. The molecule has 0 spiro atoms. The molecule has 21 heavy (non-hydrogen) atoms. The molecule has 0 bridgehead atoms. The average Bonchev–Trinajstić information content (AvgIpc) is 2.41. The standard InChI is InChI=1S/C17H19BrClNO/c1-11-7-13(17(2,3)4)5-6-15(11)21-16-12(9-19)8-14(18)10-20-16/h5-8,10H,9H2,1-4H3. The molecule has 1 aromatic carbocycles. The number of ether oxygens (including phenoxy) is 1. The lowest BCUT2D eigenvalue weighted by Gasteiger charge is -2.20. The summed E-state index contributed by atoms with van der Waals surface area (Å²) in [6.45, 7) is 8.64. The van der Waals surface area contributed by atoms with Crippen molar-refractivity contribution in [3.8, 4) is 11.6 Å². The van der Waals surface area contributed by atoms with Crippen LogP contribution in [0.15, 0.2) is 34.9 Å². The molecule has 112 valence electrons. The first kappa shape index (κ1) is 16.3. The Morgan fingerprint density at radius 2 is 1.95 bits per heavy atom. The molecule has 4 heteroatoms. The Kier molecular flexibility index (Phi) is 4.95. The van der Waals surface area contributed by atoms with Crippen LogP contribution in [0.2, 0.25) is 0 Å². The molecule has 2 aromatic rings. The van der Waals surface area contributed by atoms with Crippen LogP contribution in [-0.2, 0) is 11.3 Å². The molecule has 0 aliphatic heterocycles. The lowest BCUT2D eigenvalue weighted by Crippen LogP contribution is -2.11. The van der Waals surface area contributed by atoms with Crippen LogP contribution >= 0.6 is 27.5 Å². The Hall–Kier alpha value is -1.06. The van der Waals surface area contributed by atoms with Crippen molar-refractivity contribution < 1.29 is 4.74 Å². The van der Waals surface area contributed by atoms with Gasteiger partial charge >= 0.3 is 0 Å². The number of benzene rings is 1. The summed E-state index contributed by atoms with van der Waals surface area (Å²) < 4.78 is 6.83. The van der Waals surface area contributed by atoms with Crippen molar-refractivity contribution in [2.24, 2.45) is 0 Å². The molecule has 0 saturated heterocycles. The Morgan fingerprint density at radius 3 is 2.52 bits per heavy atom. The monoisotopic (exact) mass is 367 g/mol. The first-order valence-electron chi connectivity index (χ1n) is 6.80. The number of halogens is 2. The van der Waals surface area contributed by atoms with Gasteiger partial charge in [0.15, 0.2) is 0 Å². The van der Waals surface area contributed by atoms with Crippen molar-refractivity contribution in [3.05, 3.63) is 51.6 Å². The zero-order valence-corrected chi connectivity index (χ0v) is 15.0. The molecular formula is C17H19BrClNO. The highest BCUT2D eigenvalue weighted by atomic mass is 79.9. The SMILES string of the molecule is Cc1cc(C(C)(C)C)ccc1Oc1ncc(Br)cc1CCl. The number of alkyl halides is 1. The van der Waals surface area contributed by atoms with E-state index < -0.39 is 0 Å². The van der Waals surface area contributed by atoms with E-state index in [-0.39, 0.29) is 5.41 Å². The Balaban J connectivity index is 2.32. The van der Waals surface area contributed by atoms with Crippen LogP contribution in [0.5, 0.6) is 11.6 Å². The molecule has 2 rings (SSSR count). The average molecular weight is 369 g/mol. The number of hydrogen-bond acceptors (Lipinski definition) is 2. The fourth-order valence-electron chi connectivity index (χ4n) is 1.99. The van der Waals surface area contributed by atoms with Crippen LogP contribution in [0.25, 0.3) is 0 Å². The molecular weight excluding hydrogens is 350 g/mol. The number of aryl methyl sites for hydroxylation is 1. The predicted molar refractivity (Wildman–Crippen MR) is 91.4 cm³/mol. The van der Waals surface area contributed by atoms with Gasteiger partial charge in [-0.25, -0.2) is 4.98 Å². The number of hydrogen-bond donors (Lipinski definition) is 0. The zero-order valence-electron chi connectivity index (χ0n) is 12.7. The largest absolute Gasteiger partial charge is 0.438 e. The van der Waals surface area contributed by atoms with Crippen molar-refractivity contribution in [1.29, 1.82) is 0 Å². The summed E-state index contributed by atoms with van der Waals surface area (Å²) in [5.41, 5.74) is 3.37.